The summed E-state index contributed by atoms with van der Waals surface area (Å²) in [5.74, 6) is 1.99. The zero-order valence-electron chi connectivity index (χ0n) is 12.4. The standard InChI is InChI=1S/C19H11ClN2O2/c20-12-6-2-1-5-11(12)19-22-15-9-14-17(10-18(15)24-19)23-16-8-4-3-7-13(16)21-14/h1-10,21H. The van der Waals surface area contributed by atoms with Crippen LogP contribution in [-0.2, 0) is 0 Å². The second-order valence-corrected chi connectivity index (χ2v) is 5.95. The maximum Gasteiger partial charge on any atom is 0.228 e. The number of fused-ring (bicyclic) bond motifs is 3. The molecule has 0 bridgehead atoms. The zero-order valence-corrected chi connectivity index (χ0v) is 13.2. The first kappa shape index (κ1) is 13.5. The third-order valence-corrected chi connectivity index (χ3v) is 4.30. The van der Waals surface area contributed by atoms with E-state index in [0.717, 1.165) is 28.2 Å². The highest BCUT2D eigenvalue weighted by Gasteiger charge is 2.19. The molecule has 0 amide bonds. The Labute approximate surface area is 142 Å². The highest BCUT2D eigenvalue weighted by Crippen LogP contribution is 2.44. The van der Waals surface area contributed by atoms with Crippen molar-refractivity contribution in [1.29, 1.82) is 0 Å². The average Bonchev–Trinajstić information content (AvgIpc) is 3.00. The summed E-state index contributed by atoms with van der Waals surface area (Å²) >= 11 is 6.24. The van der Waals surface area contributed by atoms with E-state index in [-0.39, 0.29) is 0 Å². The number of hydrogen-bond donors (Lipinski definition) is 1. The SMILES string of the molecule is Clc1ccccc1-c1nc2cc3c(cc2o1)Oc1ccccc1N3. The summed E-state index contributed by atoms with van der Waals surface area (Å²) in [6.07, 6.45) is 0. The van der Waals surface area contributed by atoms with Crippen LogP contribution < -0.4 is 10.1 Å². The predicted molar refractivity (Wildman–Crippen MR) is 94.3 cm³/mol. The molecule has 2 heterocycles. The van der Waals surface area contributed by atoms with Gasteiger partial charge in [0.1, 0.15) is 5.52 Å². The summed E-state index contributed by atoms with van der Waals surface area (Å²) in [5, 5.41) is 3.97. The van der Waals surface area contributed by atoms with Gasteiger partial charge in [-0.3, -0.25) is 0 Å². The Morgan fingerprint density at radius 3 is 2.62 bits per heavy atom. The Kier molecular flexibility index (Phi) is 2.81. The Morgan fingerprint density at radius 2 is 1.71 bits per heavy atom. The fourth-order valence-corrected chi connectivity index (χ4v) is 3.03. The summed E-state index contributed by atoms with van der Waals surface area (Å²) in [5.41, 5.74) is 3.97. The van der Waals surface area contributed by atoms with Gasteiger partial charge >= 0.3 is 0 Å². The van der Waals surface area contributed by atoms with Gasteiger partial charge in [0, 0.05) is 6.07 Å². The van der Waals surface area contributed by atoms with Gasteiger partial charge in [-0.1, -0.05) is 35.9 Å². The van der Waals surface area contributed by atoms with Gasteiger partial charge in [0.25, 0.3) is 0 Å². The molecule has 0 saturated heterocycles. The number of hydrogen-bond acceptors (Lipinski definition) is 4. The molecule has 0 fully saturated rings. The zero-order chi connectivity index (χ0) is 16.1. The molecule has 4 aromatic rings. The monoisotopic (exact) mass is 334 g/mol. The van der Waals surface area contributed by atoms with Gasteiger partial charge in [-0.2, -0.15) is 0 Å². The summed E-state index contributed by atoms with van der Waals surface area (Å²) in [4.78, 5) is 4.56. The van der Waals surface area contributed by atoms with E-state index < -0.39 is 0 Å². The number of halogens is 1. The quantitative estimate of drug-likeness (QED) is 0.408. The molecule has 3 aromatic carbocycles. The number of nitrogens with zero attached hydrogens (tertiary/aromatic N) is 1. The van der Waals surface area contributed by atoms with Gasteiger partial charge in [-0.25, -0.2) is 4.98 Å². The molecule has 0 atom stereocenters. The molecule has 116 valence electrons. The van der Waals surface area contributed by atoms with E-state index in [1.807, 2.05) is 60.7 Å². The van der Waals surface area contributed by atoms with Gasteiger partial charge in [0.05, 0.1) is 22.0 Å². The fraction of sp³-hybridized carbons (Fsp3) is 0. The Bertz CT molecular complexity index is 1030. The number of para-hydroxylation sites is 2. The molecular formula is C19H11ClN2O2. The summed E-state index contributed by atoms with van der Waals surface area (Å²) in [6, 6.07) is 19.1. The lowest BCUT2D eigenvalue weighted by atomic mass is 10.2. The van der Waals surface area contributed by atoms with Crippen LogP contribution in [0.3, 0.4) is 0 Å². The lowest BCUT2D eigenvalue weighted by molar-refractivity contribution is 0.480. The Hall–Kier alpha value is -2.98. The number of rotatable bonds is 1. The van der Waals surface area contributed by atoms with Crippen molar-refractivity contribution < 1.29 is 9.15 Å². The molecule has 1 aromatic heterocycles. The summed E-state index contributed by atoms with van der Waals surface area (Å²) in [6.45, 7) is 0. The van der Waals surface area contributed by atoms with Gasteiger partial charge in [-0.15, -0.1) is 0 Å². The topological polar surface area (TPSA) is 47.3 Å². The van der Waals surface area contributed by atoms with E-state index >= 15 is 0 Å². The van der Waals surface area contributed by atoms with Gasteiger partial charge < -0.3 is 14.5 Å². The van der Waals surface area contributed by atoms with E-state index in [1.165, 1.54) is 0 Å². The number of nitrogens with one attached hydrogen (secondary N) is 1. The van der Waals surface area contributed by atoms with E-state index in [9.17, 15) is 0 Å². The van der Waals surface area contributed by atoms with E-state index in [0.29, 0.717) is 22.2 Å². The van der Waals surface area contributed by atoms with Crippen LogP contribution in [0, 0.1) is 0 Å². The molecule has 5 heteroatoms. The Balaban J connectivity index is 1.64. The third-order valence-electron chi connectivity index (χ3n) is 3.97. The maximum absolute atomic E-state index is 6.24. The predicted octanol–water partition coefficient (Wildman–Crippen LogP) is 6.00. The van der Waals surface area contributed by atoms with Crippen molar-refractivity contribution in [1.82, 2.24) is 4.98 Å². The third kappa shape index (κ3) is 2.04. The molecule has 1 aliphatic heterocycles. The first-order valence-corrected chi connectivity index (χ1v) is 7.89. The van der Waals surface area contributed by atoms with Crippen molar-refractivity contribution in [3.63, 3.8) is 0 Å². The summed E-state index contributed by atoms with van der Waals surface area (Å²) < 4.78 is 11.8. The molecule has 24 heavy (non-hydrogen) atoms. The van der Waals surface area contributed by atoms with E-state index in [4.69, 9.17) is 20.8 Å². The van der Waals surface area contributed by atoms with Crippen molar-refractivity contribution in [3.05, 3.63) is 65.7 Å². The first-order chi connectivity index (χ1) is 11.8. The van der Waals surface area contributed by atoms with Crippen molar-refractivity contribution in [3.8, 4) is 23.0 Å². The number of anilines is 2. The Morgan fingerprint density at radius 1 is 0.875 bits per heavy atom. The van der Waals surface area contributed by atoms with Crippen molar-refractivity contribution in [2.45, 2.75) is 0 Å². The molecule has 4 nitrogen and oxygen atoms in total. The van der Waals surface area contributed by atoms with Crippen LogP contribution in [0.4, 0.5) is 11.4 Å². The second kappa shape index (κ2) is 5.01. The normalized spacial score (nSPS) is 12.2. The number of oxazole rings is 1. The van der Waals surface area contributed by atoms with Gasteiger partial charge in [0.2, 0.25) is 5.89 Å². The number of benzene rings is 3. The minimum Gasteiger partial charge on any atom is -0.453 e. The van der Waals surface area contributed by atoms with Crippen LogP contribution in [0.2, 0.25) is 5.02 Å². The van der Waals surface area contributed by atoms with Crippen LogP contribution in [0.1, 0.15) is 0 Å². The van der Waals surface area contributed by atoms with Gasteiger partial charge in [0.15, 0.2) is 17.1 Å². The van der Waals surface area contributed by atoms with Crippen LogP contribution in [0.15, 0.2) is 65.1 Å². The molecule has 1 N–H and O–H groups in total. The average molecular weight is 335 g/mol. The van der Waals surface area contributed by atoms with Crippen molar-refractivity contribution >= 4 is 34.1 Å². The van der Waals surface area contributed by atoms with Crippen molar-refractivity contribution in [2.24, 2.45) is 0 Å². The molecule has 1 aliphatic rings. The molecule has 0 aliphatic carbocycles. The lowest BCUT2D eigenvalue weighted by Crippen LogP contribution is -2.02. The number of ether oxygens (including phenoxy) is 1. The van der Waals surface area contributed by atoms with Crippen LogP contribution >= 0.6 is 11.6 Å². The molecular weight excluding hydrogens is 324 g/mol. The second-order valence-electron chi connectivity index (χ2n) is 5.54. The number of aromatic nitrogens is 1. The summed E-state index contributed by atoms with van der Waals surface area (Å²) in [7, 11) is 0. The van der Waals surface area contributed by atoms with Crippen LogP contribution in [0.5, 0.6) is 11.5 Å². The molecule has 0 radical (unpaired) electrons. The van der Waals surface area contributed by atoms with Crippen molar-refractivity contribution in [2.75, 3.05) is 5.32 Å². The lowest BCUT2D eigenvalue weighted by Gasteiger charge is -2.21. The molecule has 0 spiro atoms. The molecule has 5 rings (SSSR count). The van der Waals surface area contributed by atoms with Gasteiger partial charge in [-0.05, 0) is 30.3 Å². The fourth-order valence-electron chi connectivity index (χ4n) is 2.81. The first-order valence-electron chi connectivity index (χ1n) is 7.51. The smallest absolute Gasteiger partial charge is 0.228 e. The minimum atomic E-state index is 0.496. The van der Waals surface area contributed by atoms with E-state index in [1.54, 1.807) is 0 Å². The highest BCUT2D eigenvalue weighted by atomic mass is 35.5. The molecule has 0 unspecified atom stereocenters. The van der Waals surface area contributed by atoms with E-state index in [2.05, 4.69) is 10.3 Å². The van der Waals surface area contributed by atoms with Crippen LogP contribution in [0.25, 0.3) is 22.6 Å². The van der Waals surface area contributed by atoms with Crippen LogP contribution in [-0.4, -0.2) is 4.98 Å². The maximum atomic E-state index is 6.24. The minimum absolute atomic E-state index is 0.496. The highest BCUT2D eigenvalue weighted by molar-refractivity contribution is 6.33. The largest absolute Gasteiger partial charge is 0.453 e. The molecule has 0 saturated carbocycles.